The summed E-state index contributed by atoms with van der Waals surface area (Å²) in [6.07, 6.45) is 4.71. The number of nitrogens with one attached hydrogen (secondary N) is 1. The van der Waals surface area contributed by atoms with E-state index in [4.69, 9.17) is 4.42 Å². The largest absolute Gasteiger partial charge is 0.443 e. The molecule has 0 saturated carbocycles. The van der Waals surface area contributed by atoms with Crippen LogP contribution in [0.4, 0.5) is 5.82 Å². The van der Waals surface area contributed by atoms with Gasteiger partial charge in [0.15, 0.2) is 0 Å². The zero-order valence-electron chi connectivity index (χ0n) is 14.2. The SMILES string of the molecule is C[C@@H](Nc1ccn(CCS(C)(=O)=O)n1)c1ncc(C(C)(C)C)o1. The Bertz CT molecular complexity index is 756. The predicted octanol–water partition coefficient (Wildman–Crippen LogP) is 2.39. The monoisotopic (exact) mass is 340 g/mol. The first-order valence-corrected chi connectivity index (χ1v) is 9.54. The summed E-state index contributed by atoms with van der Waals surface area (Å²) in [6.45, 7) is 8.48. The van der Waals surface area contributed by atoms with E-state index in [9.17, 15) is 8.42 Å². The van der Waals surface area contributed by atoms with Crippen molar-refractivity contribution in [2.45, 2.75) is 45.7 Å². The Morgan fingerprint density at radius 1 is 1.39 bits per heavy atom. The minimum absolute atomic E-state index is 0.0678. The number of anilines is 1. The molecular formula is C15H24N4O3S. The van der Waals surface area contributed by atoms with E-state index >= 15 is 0 Å². The summed E-state index contributed by atoms with van der Waals surface area (Å²) < 4.78 is 29.8. The molecule has 2 aromatic rings. The van der Waals surface area contributed by atoms with Gasteiger partial charge >= 0.3 is 0 Å². The fraction of sp³-hybridized carbons (Fsp3) is 0.600. The molecule has 128 valence electrons. The van der Waals surface area contributed by atoms with Crippen LogP contribution in [-0.4, -0.2) is 35.2 Å². The number of nitrogens with zero attached hydrogens (tertiary/aromatic N) is 3. The lowest BCUT2D eigenvalue weighted by Gasteiger charge is -2.14. The highest BCUT2D eigenvalue weighted by molar-refractivity contribution is 7.90. The van der Waals surface area contributed by atoms with Crippen molar-refractivity contribution in [1.82, 2.24) is 14.8 Å². The lowest BCUT2D eigenvalue weighted by Crippen LogP contribution is -2.12. The van der Waals surface area contributed by atoms with Crippen LogP contribution >= 0.6 is 0 Å². The van der Waals surface area contributed by atoms with Gasteiger partial charge in [0.25, 0.3) is 0 Å². The molecule has 2 aromatic heterocycles. The summed E-state index contributed by atoms with van der Waals surface area (Å²) in [6, 6.07) is 1.66. The van der Waals surface area contributed by atoms with E-state index in [0.29, 0.717) is 18.3 Å². The number of aryl methyl sites for hydroxylation is 1. The standard InChI is InChI=1S/C15H24N4O3S/c1-11(14-16-10-12(22-14)15(2,3)4)17-13-6-7-19(18-13)8-9-23(5,20)21/h6-7,10-11H,8-9H2,1-5H3,(H,17,18)/t11-/m1/s1. The van der Waals surface area contributed by atoms with Gasteiger partial charge in [-0.25, -0.2) is 13.4 Å². The Labute approximate surface area is 137 Å². The number of rotatable bonds is 6. The lowest BCUT2D eigenvalue weighted by molar-refractivity contribution is 0.374. The van der Waals surface area contributed by atoms with Gasteiger partial charge in [0.05, 0.1) is 18.5 Å². The van der Waals surface area contributed by atoms with E-state index in [2.05, 4.69) is 36.2 Å². The van der Waals surface area contributed by atoms with Crippen LogP contribution in [0.3, 0.4) is 0 Å². The van der Waals surface area contributed by atoms with Gasteiger partial charge in [-0.05, 0) is 6.92 Å². The van der Waals surface area contributed by atoms with E-state index in [0.717, 1.165) is 5.76 Å². The molecule has 0 aliphatic carbocycles. The van der Waals surface area contributed by atoms with E-state index in [-0.39, 0.29) is 17.2 Å². The Morgan fingerprint density at radius 3 is 2.65 bits per heavy atom. The molecule has 1 N–H and O–H groups in total. The Morgan fingerprint density at radius 2 is 2.09 bits per heavy atom. The quantitative estimate of drug-likeness (QED) is 0.868. The first-order chi connectivity index (χ1) is 10.5. The van der Waals surface area contributed by atoms with Crippen LogP contribution < -0.4 is 5.32 Å². The molecule has 0 saturated heterocycles. The summed E-state index contributed by atoms with van der Waals surface area (Å²) >= 11 is 0. The predicted molar refractivity (Wildman–Crippen MR) is 89.2 cm³/mol. The number of aromatic nitrogens is 3. The summed E-state index contributed by atoms with van der Waals surface area (Å²) in [5, 5.41) is 7.51. The van der Waals surface area contributed by atoms with Gasteiger partial charge in [-0.15, -0.1) is 0 Å². The normalized spacial score (nSPS) is 14.0. The van der Waals surface area contributed by atoms with Crippen LogP contribution in [0.15, 0.2) is 22.9 Å². The average Bonchev–Trinajstić information content (AvgIpc) is 3.03. The van der Waals surface area contributed by atoms with E-state index in [1.165, 1.54) is 6.26 Å². The molecule has 0 amide bonds. The lowest BCUT2D eigenvalue weighted by atomic mass is 9.94. The summed E-state index contributed by atoms with van der Waals surface area (Å²) in [7, 11) is -3.00. The molecule has 0 radical (unpaired) electrons. The van der Waals surface area contributed by atoms with Gasteiger partial charge in [-0.1, -0.05) is 20.8 Å². The van der Waals surface area contributed by atoms with Crippen LogP contribution in [0, 0.1) is 0 Å². The molecule has 8 heteroatoms. The summed E-state index contributed by atoms with van der Waals surface area (Å²) in [4.78, 5) is 4.31. The number of hydrogen-bond acceptors (Lipinski definition) is 6. The summed E-state index contributed by atoms with van der Waals surface area (Å²) in [5.74, 6) is 2.15. The van der Waals surface area contributed by atoms with Crippen LogP contribution in [0.2, 0.25) is 0 Å². The molecule has 0 bridgehead atoms. The minimum atomic E-state index is -3.00. The molecule has 2 rings (SSSR count). The second-order valence-electron chi connectivity index (χ2n) is 6.77. The van der Waals surface area contributed by atoms with Crippen molar-refractivity contribution >= 4 is 15.7 Å². The fourth-order valence-electron chi connectivity index (χ4n) is 1.94. The number of oxazole rings is 1. The molecule has 0 fully saturated rings. The maximum Gasteiger partial charge on any atom is 0.216 e. The highest BCUT2D eigenvalue weighted by atomic mass is 32.2. The molecule has 23 heavy (non-hydrogen) atoms. The van der Waals surface area contributed by atoms with Gasteiger partial charge < -0.3 is 9.73 Å². The van der Waals surface area contributed by atoms with Crippen molar-refractivity contribution in [3.63, 3.8) is 0 Å². The topological polar surface area (TPSA) is 90.0 Å². The second kappa shape index (κ2) is 6.35. The maximum absolute atomic E-state index is 11.2. The molecular weight excluding hydrogens is 316 g/mol. The fourth-order valence-corrected chi connectivity index (χ4v) is 2.46. The highest BCUT2D eigenvalue weighted by Crippen LogP contribution is 2.25. The van der Waals surface area contributed by atoms with Crippen molar-refractivity contribution in [3.05, 3.63) is 30.1 Å². The average molecular weight is 340 g/mol. The Kier molecular flexibility index (Phi) is 4.84. The van der Waals surface area contributed by atoms with Crippen molar-refractivity contribution in [3.8, 4) is 0 Å². The van der Waals surface area contributed by atoms with E-state index in [1.54, 1.807) is 23.1 Å². The van der Waals surface area contributed by atoms with E-state index in [1.807, 2.05) is 6.92 Å². The zero-order valence-corrected chi connectivity index (χ0v) is 15.0. The van der Waals surface area contributed by atoms with Crippen LogP contribution in [0.5, 0.6) is 0 Å². The van der Waals surface area contributed by atoms with Crippen LogP contribution in [-0.2, 0) is 21.8 Å². The van der Waals surface area contributed by atoms with Gasteiger partial charge in [-0.2, -0.15) is 5.10 Å². The molecule has 0 unspecified atom stereocenters. The van der Waals surface area contributed by atoms with Crippen molar-refractivity contribution in [1.29, 1.82) is 0 Å². The third-order valence-corrected chi connectivity index (χ3v) is 4.25. The third kappa shape index (κ3) is 5.09. The molecule has 2 heterocycles. The summed E-state index contributed by atoms with van der Waals surface area (Å²) in [5.41, 5.74) is -0.0851. The highest BCUT2D eigenvalue weighted by Gasteiger charge is 2.21. The zero-order chi connectivity index (χ0) is 17.3. The van der Waals surface area contributed by atoms with Crippen molar-refractivity contribution in [2.75, 3.05) is 17.3 Å². The van der Waals surface area contributed by atoms with Gasteiger partial charge in [0, 0.05) is 23.9 Å². The third-order valence-electron chi connectivity index (χ3n) is 3.33. The first-order valence-electron chi connectivity index (χ1n) is 7.48. The second-order valence-corrected chi connectivity index (χ2v) is 9.03. The molecule has 0 aromatic carbocycles. The Balaban J connectivity index is 1.99. The minimum Gasteiger partial charge on any atom is -0.443 e. The van der Waals surface area contributed by atoms with Crippen LogP contribution in [0.1, 0.15) is 45.4 Å². The molecule has 0 aliphatic heterocycles. The number of sulfone groups is 1. The Hall–Kier alpha value is -1.83. The molecule has 1 atom stereocenters. The van der Waals surface area contributed by atoms with E-state index < -0.39 is 9.84 Å². The van der Waals surface area contributed by atoms with Gasteiger partial charge in [-0.3, -0.25) is 4.68 Å². The van der Waals surface area contributed by atoms with Crippen LogP contribution in [0.25, 0.3) is 0 Å². The molecule has 7 nitrogen and oxygen atoms in total. The number of hydrogen-bond donors (Lipinski definition) is 1. The maximum atomic E-state index is 11.2. The smallest absolute Gasteiger partial charge is 0.216 e. The first kappa shape index (κ1) is 17.5. The molecule has 0 aliphatic rings. The van der Waals surface area contributed by atoms with Crippen molar-refractivity contribution < 1.29 is 12.8 Å². The van der Waals surface area contributed by atoms with Gasteiger partial charge in [0.2, 0.25) is 5.89 Å². The van der Waals surface area contributed by atoms with Crippen molar-refractivity contribution in [2.24, 2.45) is 0 Å². The van der Waals surface area contributed by atoms with Gasteiger partial charge in [0.1, 0.15) is 27.5 Å². The molecule has 0 spiro atoms.